The second-order valence-electron chi connectivity index (χ2n) is 11.8. The lowest BCUT2D eigenvalue weighted by molar-refractivity contribution is -0.208. The third kappa shape index (κ3) is 3.02. The van der Waals surface area contributed by atoms with Gasteiger partial charge in [-0.05, 0) is 75.0 Å². The van der Waals surface area contributed by atoms with Crippen molar-refractivity contribution in [2.45, 2.75) is 94.0 Å². The summed E-state index contributed by atoms with van der Waals surface area (Å²) < 4.78 is 13.3. The van der Waals surface area contributed by atoms with E-state index in [1.54, 1.807) is 6.07 Å². The maximum absolute atomic E-state index is 12.1. The van der Waals surface area contributed by atoms with E-state index in [0.29, 0.717) is 12.2 Å². The SMILES string of the molecule is CO[C@@]12CC[C@@H](NC(CC(C)C)C(=O)O)[C@@H]3Oc4c(O)ccc5c4[C@@]31CCN(CC1CC1)C2C5. The van der Waals surface area contributed by atoms with Crippen LogP contribution in [0.15, 0.2) is 12.1 Å². The molecule has 186 valence electrons. The number of piperidine rings is 1. The van der Waals surface area contributed by atoms with Crippen LogP contribution in [-0.2, 0) is 21.4 Å². The monoisotopic (exact) mass is 470 g/mol. The average Bonchev–Trinajstić information content (AvgIpc) is 3.54. The van der Waals surface area contributed by atoms with Gasteiger partial charge >= 0.3 is 5.97 Å². The largest absolute Gasteiger partial charge is 0.504 e. The maximum atomic E-state index is 12.1. The molecule has 1 aromatic rings. The van der Waals surface area contributed by atoms with Crippen molar-refractivity contribution in [2.24, 2.45) is 11.8 Å². The quantitative estimate of drug-likeness (QED) is 0.538. The molecule has 2 aliphatic heterocycles. The molecule has 3 N–H and O–H groups in total. The average molecular weight is 471 g/mol. The van der Waals surface area contributed by atoms with Crippen LogP contribution in [0.1, 0.15) is 63.5 Å². The highest BCUT2D eigenvalue weighted by Crippen LogP contribution is 2.66. The van der Waals surface area contributed by atoms with Crippen LogP contribution < -0.4 is 10.1 Å². The molecular weight excluding hydrogens is 432 g/mol. The van der Waals surface area contributed by atoms with Gasteiger partial charge in [-0.15, -0.1) is 0 Å². The third-order valence-electron chi connectivity index (χ3n) is 9.51. The van der Waals surface area contributed by atoms with Gasteiger partial charge in [0, 0.05) is 31.3 Å². The Labute approximate surface area is 201 Å². The minimum Gasteiger partial charge on any atom is -0.504 e. The molecule has 2 saturated carbocycles. The number of ether oxygens (including phenoxy) is 2. The minimum absolute atomic E-state index is 0.114. The van der Waals surface area contributed by atoms with E-state index in [9.17, 15) is 15.0 Å². The molecule has 6 rings (SSSR count). The lowest BCUT2D eigenvalue weighted by Gasteiger charge is -2.65. The fraction of sp³-hybridized carbons (Fsp3) is 0.741. The fourth-order valence-electron chi connectivity index (χ4n) is 8.01. The van der Waals surface area contributed by atoms with Crippen molar-refractivity contribution < 1.29 is 24.5 Å². The first-order chi connectivity index (χ1) is 16.3. The van der Waals surface area contributed by atoms with Crippen LogP contribution in [0.25, 0.3) is 0 Å². The van der Waals surface area contributed by atoms with Crippen LogP contribution in [-0.4, -0.2) is 71.1 Å². The number of hydrogen-bond donors (Lipinski definition) is 3. The van der Waals surface area contributed by atoms with Gasteiger partial charge in [0.15, 0.2) is 11.5 Å². The summed E-state index contributed by atoms with van der Waals surface area (Å²) in [6.07, 6.45) is 6.42. The van der Waals surface area contributed by atoms with Gasteiger partial charge in [-0.3, -0.25) is 15.0 Å². The van der Waals surface area contributed by atoms with E-state index in [2.05, 4.69) is 30.1 Å². The normalized spacial score (nSPS) is 36.8. The number of nitrogens with one attached hydrogen (secondary N) is 1. The number of aromatic hydroxyl groups is 1. The third-order valence-corrected chi connectivity index (χ3v) is 9.51. The molecule has 0 aromatic heterocycles. The zero-order valence-electron chi connectivity index (χ0n) is 20.5. The molecule has 5 aliphatic rings. The predicted octanol–water partition coefficient (Wildman–Crippen LogP) is 3.07. The molecule has 1 spiro atoms. The van der Waals surface area contributed by atoms with Gasteiger partial charge in [0.25, 0.3) is 0 Å². The molecule has 6 atom stereocenters. The summed E-state index contributed by atoms with van der Waals surface area (Å²) in [5.41, 5.74) is 1.60. The van der Waals surface area contributed by atoms with Gasteiger partial charge in [0.2, 0.25) is 0 Å². The summed E-state index contributed by atoms with van der Waals surface area (Å²) in [6, 6.07) is 3.38. The summed E-state index contributed by atoms with van der Waals surface area (Å²) in [6.45, 7) is 6.23. The van der Waals surface area contributed by atoms with Crippen molar-refractivity contribution in [3.8, 4) is 11.5 Å². The molecular formula is C27H38N2O5. The molecule has 0 amide bonds. The van der Waals surface area contributed by atoms with Crippen LogP contribution in [0.2, 0.25) is 0 Å². The van der Waals surface area contributed by atoms with Gasteiger partial charge in [-0.1, -0.05) is 19.9 Å². The number of likely N-dealkylation sites (tertiary alicyclic amines) is 1. The molecule has 1 saturated heterocycles. The number of phenols is 1. The second kappa shape index (κ2) is 7.84. The van der Waals surface area contributed by atoms with Gasteiger partial charge in [-0.2, -0.15) is 0 Å². The van der Waals surface area contributed by atoms with Gasteiger partial charge < -0.3 is 19.7 Å². The molecule has 0 radical (unpaired) electrons. The van der Waals surface area contributed by atoms with E-state index >= 15 is 0 Å². The number of carboxylic acids is 1. The standard InChI is InChI=1S/C27H38N2O5/c1-15(2)12-19(25(31)32)28-18-8-9-27(33-3)21-13-17-6-7-20(30)23-22(17)26(27,24(18)34-23)10-11-29(21)14-16-4-5-16/h6-7,15-16,18-19,21,24,28,30H,4-5,8-14H2,1-3H3,(H,31,32)/t18-,19?,21?,24+,26+,27-/m1/s1. The van der Waals surface area contributed by atoms with Crippen LogP contribution in [0.5, 0.6) is 11.5 Å². The summed E-state index contributed by atoms with van der Waals surface area (Å²) in [5, 5.41) is 24.3. The van der Waals surface area contributed by atoms with E-state index in [4.69, 9.17) is 9.47 Å². The number of rotatable bonds is 8. The number of methoxy groups -OCH3 is 1. The molecule has 2 unspecified atom stereocenters. The van der Waals surface area contributed by atoms with E-state index in [-0.39, 0.29) is 35.3 Å². The highest BCUT2D eigenvalue weighted by molar-refractivity contribution is 5.73. The summed E-state index contributed by atoms with van der Waals surface area (Å²) in [5.74, 6) is 1.05. The molecule has 7 heteroatoms. The molecule has 3 fully saturated rings. The number of hydrogen-bond acceptors (Lipinski definition) is 6. The Bertz CT molecular complexity index is 993. The number of carbonyl (C=O) groups is 1. The Balaban J connectivity index is 1.44. The topological polar surface area (TPSA) is 91.3 Å². The van der Waals surface area contributed by atoms with Crippen molar-refractivity contribution in [3.05, 3.63) is 23.3 Å². The first-order valence-electron chi connectivity index (χ1n) is 13.1. The minimum atomic E-state index is -0.811. The summed E-state index contributed by atoms with van der Waals surface area (Å²) in [4.78, 5) is 14.8. The Morgan fingerprint density at radius 1 is 1.29 bits per heavy atom. The Kier molecular flexibility index (Phi) is 5.21. The first-order valence-corrected chi connectivity index (χ1v) is 13.1. The number of carboxylic acid groups (broad SMARTS) is 1. The predicted molar refractivity (Wildman–Crippen MR) is 127 cm³/mol. The number of aliphatic carboxylic acids is 1. The van der Waals surface area contributed by atoms with Crippen molar-refractivity contribution in [1.29, 1.82) is 0 Å². The number of benzene rings is 1. The van der Waals surface area contributed by atoms with Crippen LogP contribution in [0.4, 0.5) is 0 Å². The highest BCUT2D eigenvalue weighted by atomic mass is 16.5. The Morgan fingerprint density at radius 2 is 2.09 bits per heavy atom. The summed E-state index contributed by atoms with van der Waals surface area (Å²) in [7, 11) is 1.85. The maximum Gasteiger partial charge on any atom is 0.320 e. The highest BCUT2D eigenvalue weighted by Gasteiger charge is 2.74. The zero-order valence-corrected chi connectivity index (χ0v) is 20.5. The van der Waals surface area contributed by atoms with Crippen LogP contribution in [0, 0.1) is 11.8 Å². The van der Waals surface area contributed by atoms with Crippen molar-refractivity contribution >= 4 is 5.97 Å². The Hall–Kier alpha value is -1.83. The number of phenolic OH excluding ortho intramolecular Hbond substituents is 1. The molecule has 2 bridgehead atoms. The van der Waals surface area contributed by atoms with E-state index in [0.717, 1.165) is 50.3 Å². The van der Waals surface area contributed by atoms with E-state index < -0.39 is 17.6 Å². The molecule has 2 heterocycles. The van der Waals surface area contributed by atoms with E-state index in [1.165, 1.54) is 18.4 Å². The molecule has 3 aliphatic carbocycles. The first kappa shape index (κ1) is 22.6. The number of nitrogens with zero attached hydrogens (tertiary/aromatic N) is 1. The zero-order chi connectivity index (χ0) is 23.8. The van der Waals surface area contributed by atoms with E-state index in [1.807, 2.05) is 7.11 Å². The Morgan fingerprint density at radius 3 is 2.76 bits per heavy atom. The van der Waals surface area contributed by atoms with Crippen molar-refractivity contribution in [1.82, 2.24) is 10.2 Å². The van der Waals surface area contributed by atoms with Gasteiger partial charge in [0.05, 0.1) is 11.0 Å². The lowest BCUT2D eigenvalue weighted by Crippen LogP contribution is -2.79. The smallest absolute Gasteiger partial charge is 0.320 e. The van der Waals surface area contributed by atoms with Crippen molar-refractivity contribution in [3.63, 3.8) is 0 Å². The van der Waals surface area contributed by atoms with Crippen LogP contribution >= 0.6 is 0 Å². The van der Waals surface area contributed by atoms with Gasteiger partial charge in [0.1, 0.15) is 12.1 Å². The van der Waals surface area contributed by atoms with Crippen LogP contribution in [0.3, 0.4) is 0 Å². The van der Waals surface area contributed by atoms with Gasteiger partial charge in [-0.25, -0.2) is 0 Å². The fourth-order valence-corrected chi connectivity index (χ4v) is 8.01. The molecule has 7 nitrogen and oxygen atoms in total. The lowest BCUT2D eigenvalue weighted by atomic mass is 9.48. The summed E-state index contributed by atoms with van der Waals surface area (Å²) >= 11 is 0. The molecule has 34 heavy (non-hydrogen) atoms. The molecule has 1 aromatic carbocycles. The van der Waals surface area contributed by atoms with Crippen molar-refractivity contribution in [2.75, 3.05) is 20.2 Å². The second-order valence-corrected chi connectivity index (χ2v) is 11.8.